The van der Waals surface area contributed by atoms with Gasteiger partial charge < -0.3 is 14.4 Å². The number of rotatable bonds is 8. The van der Waals surface area contributed by atoms with E-state index in [0.717, 1.165) is 28.6 Å². The predicted molar refractivity (Wildman–Crippen MR) is 124 cm³/mol. The van der Waals surface area contributed by atoms with Crippen molar-refractivity contribution in [2.24, 2.45) is 5.92 Å². The Balaban J connectivity index is 1.52. The second-order valence-electron chi connectivity index (χ2n) is 8.75. The lowest BCUT2D eigenvalue weighted by Gasteiger charge is -2.26. The molecule has 8 heteroatoms. The van der Waals surface area contributed by atoms with Gasteiger partial charge >= 0.3 is 0 Å². The highest BCUT2D eigenvalue weighted by Gasteiger charge is 2.19. The molecule has 8 nitrogen and oxygen atoms in total. The predicted octanol–water partition coefficient (Wildman–Crippen LogP) is 2.92. The van der Waals surface area contributed by atoms with E-state index in [1.165, 1.54) is 0 Å². The third kappa shape index (κ3) is 5.57. The Morgan fingerprint density at radius 1 is 1.18 bits per heavy atom. The molecule has 1 aliphatic heterocycles. The van der Waals surface area contributed by atoms with Gasteiger partial charge in [-0.3, -0.25) is 14.3 Å². The number of hydrogen-bond acceptors (Lipinski definition) is 6. The van der Waals surface area contributed by atoms with Crippen molar-refractivity contribution in [2.45, 2.75) is 33.2 Å². The zero-order chi connectivity index (χ0) is 23.4. The molecular weight excluding hydrogens is 420 g/mol. The molecule has 0 spiro atoms. The number of carbonyl (C=O) groups is 2. The largest absolute Gasteiger partial charge is 0.496 e. The fourth-order valence-electron chi connectivity index (χ4n) is 4.04. The maximum Gasteiger partial charge on any atom is 0.244 e. The van der Waals surface area contributed by atoms with Crippen LogP contribution in [0, 0.1) is 5.92 Å². The first-order chi connectivity index (χ1) is 15.9. The quantitative estimate of drug-likeness (QED) is 0.491. The Labute approximate surface area is 193 Å². The second kappa shape index (κ2) is 10.1. The van der Waals surface area contributed by atoms with Gasteiger partial charge in [-0.05, 0) is 30.5 Å². The van der Waals surface area contributed by atoms with E-state index in [9.17, 15) is 9.59 Å². The topological polar surface area (TPSA) is 86.5 Å². The van der Waals surface area contributed by atoms with Crippen LogP contribution in [0.1, 0.15) is 35.6 Å². The van der Waals surface area contributed by atoms with Crippen molar-refractivity contribution in [3.05, 3.63) is 53.5 Å². The summed E-state index contributed by atoms with van der Waals surface area (Å²) in [7, 11) is 1.58. The van der Waals surface area contributed by atoms with Gasteiger partial charge in [-0.15, -0.1) is 0 Å². The highest BCUT2D eigenvalue weighted by atomic mass is 16.5. The summed E-state index contributed by atoms with van der Waals surface area (Å²) in [6.07, 6.45) is 2.84. The Kier molecular flexibility index (Phi) is 7.03. The van der Waals surface area contributed by atoms with Crippen LogP contribution in [0.4, 0.5) is 0 Å². The van der Waals surface area contributed by atoms with Crippen LogP contribution >= 0.6 is 0 Å². The average Bonchev–Trinajstić information content (AvgIpc) is 3.19. The minimum Gasteiger partial charge on any atom is -0.496 e. The van der Waals surface area contributed by atoms with Gasteiger partial charge in [0.25, 0.3) is 0 Å². The maximum absolute atomic E-state index is 13.0. The molecule has 3 heterocycles. The van der Waals surface area contributed by atoms with Gasteiger partial charge in [-0.2, -0.15) is 5.10 Å². The number of methoxy groups -OCH3 is 1. The molecule has 0 atom stereocenters. The molecule has 0 saturated carbocycles. The second-order valence-corrected chi connectivity index (χ2v) is 8.75. The number of pyridine rings is 1. The number of amides is 1. The zero-order valence-electron chi connectivity index (χ0n) is 19.4. The van der Waals surface area contributed by atoms with Crippen LogP contribution in [0.5, 0.6) is 5.75 Å². The molecule has 0 unspecified atom stereocenters. The summed E-state index contributed by atoms with van der Waals surface area (Å²) < 4.78 is 12.5. The van der Waals surface area contributed by atoms with Crippen LogP contribution in [-0.4, -0.2) is 64.8 Å². The number of morpholine rings is 1. The van der Waals surface area contributed by atoms with Crippen molar-refractivity contribution in [1.82, 2.24) is 19.7 Å². The summed E-state index contributed by atoms with van der Waals surface area (Å²) in [5, 5.41) is 5.39. The first-order valence-electron chi connectivity index (χ1n) is 11.3. The number of ketones is 1. The lowest BCUT2D eigenvalue weighted by molar-refractivity contribution is -0.136. The minimum atomic E-state index is -0.0619. The molecule has 4 rings (SSSR count). The van der Waals surface area contributed by atoms with E-state index in [1.54, 1.807) is 22.8 Å². The molecule has 1 aliphatic rings. The summed E-state index contributed by atoms with van der Waals surface area (Å²) in [5.41, 5.74) is 2.87. The van der Waals surface area contributed by atoms with Gasteiger partial charge in [0.05, 0.1) is 25.8 Å². The van der Waals surface area contributed by atoms with Crippen molar-refractivity contribution < 1.29 is 19.1 Å². The van der Waals surface area contributed by atoms with E-state index in [2.05, 4.69) is 23.9 Å². The van der Waals surface area contributed by atoms with Gasteiger partial charge in [-0.25, -0.2) is 4.98 Å². The molecule has 1 fully saturated rings. The lowest BCUT2D eigenvalue weighted by atomic mass is 10.0. The fraction of sp³-hybridized carbons (Fsp3) is 0.440. The highest BCUT2D eigenvalue weighted by molar-refractivity contribution is 5.97. The van der Waals surface area contributed by atoms with Crippen molar-refractivity contribution in [2.75, 3.05) is 33.4 Å². The van der Waals surface area contributed by atoms with Crippen LogP contribution in [0.25, 0.3) is 10.9 Å². The van der Waals surface area contributed by atoms with E-state index in [-0.39, 0.29) is 24.7 Å². The molecule has 1 saturated heterocycles. The summed E-state index contributed by atoms with van der Waals surface area (Å²) in [4.78, 5) is 31.9. The Morgan fingerprint density at radius 2 is 1.97 bits per heavy atom. The van der Waals surface area contributed by atoms with Crippen molar-refractivity contribution >= 4 is 22.6 Å². The molecule has 1 amide bonds. The molecule has 33 heavy (non-hydrogen) atoms. The van der Waals surface area contributed by atoms with Crippen molar-refractivity contribution in [3.8, 4) is 5.75 Å². The summed E-state index contributed by atoms with van der Waals surface area (Å²) in [5.74, 6) is 1.02. The number of nitrogens with zero attached hydrogens (tertiary/aromatic N) is 4. The first-order valence-corrected chi connectivity index (χ1v) is 11.3. The maximum atomic E-state index is 13.0. The first kappa shape index (κ1) is 22.9. The number of ether oxygens (including phenoxy) is 2. The van der Waals surface area contributed by atoms with Crippen LogP contribution in [0.15, 0.2) is 36.5 Å². The fourth-order valence-corrected chi connectivity index (χ4v) is 4.04. The average molecular weight is 451 g/mol. The highest BCUT2D eigenvalue weighted by Crippen LogP contribution is 2.26. The minimum absolute atomic E-state index is 0.0147. The number of aromatic nitrogens is 3. The number of benzene rings is 1. The van der Waals surface area contributed by atoms with Crippen LogP contribution in [0.3, 0.4) is 0 Å². The molecule has 0 bridgehead atoms. The van der Waals surface area contributed by atoms with Gasteiger partial charge in [0.1, 0.15) is 18.0 Å². The third-order valence-electron chi connectivity index (χ3n) is 5.68. The van der Waals surface area contributed by atoms with Crippen LogP contribution < -0.4 is 4.74 Å². The summed E-state index contributed by atoms with van der Waals surface area (Å²) >= 11 is 0. The molecule has 0 aliphatic carbocycles. The molecular formula is C25H30N4O4. The Hall–Kier alpha value is -3.26. The van der Waals surface area contributed by atoms with Crippen molar-refractivity contribution in [3.63, 3.8) is 0 Å². The van der Waals surface area contributed by atoms with Gasteiger partial charge in [0, 0.05) is 48.4 Å². The van der Waals surface area contributed by atoms with Crippen LogP contribution in [0.2, 0.25) is 0 Å². The SMILES string of the molecule is COc1cc2nn(CC(=O)N3CCOCC3)cc2cc1CC(=O)c1cccc(CC(C)C)n1. The smallest absolute Gasteiger partial charge is 0.244 e. The Morgan fingerprint density at radius 3 is 2.70 bits per heavy atom. The summed E-state index contributed by atoms with van der Waals surface area (Å²) in [6, 6.07) is 9.32. The molecule has 1 aromatic carbocycles. The standard InChI is InChI=1S/C25H30N4O4/c1-17(2)11-20-5-4-6-21(26-20)23(30)13-18-12-19-15-29(27-22(19)14-24(18)32-3)16-25(31)28-7-9-33-10-8-28/h4-6,12,14-15,17H,7-11,13,16H2,1-3H3. The van der Waals surface area contributed by atoms with E-state index in [4.69, 9.17) is 9.47 Å². The van der Waals surface area contributed by atoms with Crippen LogP contribution in [-0.2, 0) is 28.9 Å². The third-order valence-corrected chi connectivity index (χ3v) is 5.68. The van der Waals surface area contributed by atoms with E-state index in [0.29, 0.717) is 43.7 Å². The molecule has 2 aromatic heterocycles. The van der Waals surface area contributed by atoms with Gasteiger partial charge in [0.15, 0.2) is 5.78 Å². The molecule has 174 valence electrons. The number of carbonyl (C=O) groups excluding carboxylic acids is 2. The van der Waals surface area contributed by atoms with E-state index in [1.807, 2.05) is 30.5 Å². The molecule has 0 N–H and O–H groups in total. The normalized spacial score (nSPS) is 14.1. The molecule has 3 aromatic rings. The Bertz CT molecular complexity index is 1150. The lowest BCUT2D eigenvalue weighted by Crippen LogP contribution is -2.42. The van der Waals surface area contributed by atoms with Gasteiger partial charge in [0.2, 0.25) is 5.91 Å². The zero-order valence-corrected chi connectivity index (χ0v) is 19.4. The number of fused-ring (bicyclic) bond motifs is 1. The summed E-state index contributed by atoms with van der Waals surface area (Å²) in [6.45, 7) is 6.76. The van der Waals surface area contributed by atoms with Crippen molar-refractivity contribution in [1.29, 1.82) is 0 Å². The van der Waals surface area contributed by atoms with E-state index < -0.39 is 0 Å². The van der Waals surface area contributed by atoms with E-state index >= 15 is 0 Å². The monoisotopic (exact) mass is 450 g/mol. The molecule has 0 radical (unpaired) electrons. The number of Topliss-reactive ketones (excluding diaryl/α,β-unsaturated/α-hetero) is 1. The van der Waals surface area contributed by atoms with Gasteiger partial charge in [-0.1, -0.05) is 19.9 Å². The number of hydrogen-bond donors (Lipinski definition) is 0.